The zero-order chi connectivity index (χ0) is 15.3. The normalized spacial score (nSPS) is 15.2. The summed E-state index contributed by atoms with van der Waals surface area (Å²) in [6.45, 7) is 4.27. The lowest BCUT2D eigenvalue weighted by atomic mass is 9.85. The third-order valence-corrected chi connectivity index (χ3v) is 4.41. The molecule has 22 heavy (non-hydrogen) atoms. The molecule has 0 atom stereocenters. The van der Waals surface area contributed by atoms with E-state index in [4.69, 9.17) is 0 Å². The molecule has 110 valence electrons. The fraction of sp³-hybridized carbons (Fsp3) is 0.222. The second-order valence-corrected chi connectivity index (χ2v) is 6.16. The molecule has 1 aromatic heterocycles. The van der Waals surface area contributed by atoms with Gasteiger partial charge in [0.15, 0.2) is 0 Å². The van der Waals surface area contributed by atoms with Crippen LogP contribution in [0.4, 0.5) is 0 Å². The maximum Gasteiger partial charge on any atom is 0.368 e. The topological polar surface area (TPSA) is 39.8 Å². The van der Waals surface area contributed by atoms with E-state index in [9.17, 15) is 4.79 Å². The Bertz CT molecular complexity index is 904. The number of aromatic nitrogens is 3. The third kappa shape index (κ3) is 1.70. The van der Waals surface area contributed by atoms with Crippen molar-refractivity contribution in [1.82, 2.24) is 14.3 Å². The van der Waals surface area contributed by atoms with E-state index in [1.807, 2.05) is 47.1 Å². The van der Waals surface area contributed by atoms with E-state index in [0.717, 1.165) is 11.5 Å². The maximum atomic E-state index is 12.5. The van der Waals surface area contributed by atoms with Gasteiger partial charge in [0.25, 0.3) is 0 Å². The smallest absolute Gasteiger partial charge is 0.252 e. The predicted octanol–water partition coefficient (Wildman–Crippen LogP) is 2.72. The van der Waals surface area contributed by atoms with Crippen LogP contribution >= 0.6 is 0 Å². The highest BCUT2D eigenvalue weighted by atomic mass is 16.2. The lowest BCUT2D eigenvalue weighted by molar-refractivity contribution is 0.332. The minimum absolute atomic E-state index is 0.220. The number of benzene rings is 2. The molecule has 0 N–H and O–H groups in total. The summed E-state index contributed by atoms with van der Waals surface area (Å²) in [5, 5.41) is 0. The quantitative estimate of drug-likeness (QED) is 0.691. The maximum absolute atomic E-state index is 12.5. The van der Waals surface area contributed by atoms with E-state index in [1.54, 1.807) is 4.68 Å². The van der Waals surface area contributed by atoms with Gasteiger partial charge in [-0.15, -0.1) is 0 Å². The molecule has 4 nitrogen and oxygen atoms in total. The molecule has 4 rings (SSSR count). The average Bonchev–Trinajstić information content (AvgIpc) is 2.85. The number of fused-ring (bicyclic) bond motifs is 2. The minimum Gasteiger partial charge on any atom is -0.252 e. The molecular formula is C18H17N3O. The van der Waals surface area contributed by atoms with Gasteiger partial charge in [0.05, 0.1) is 11.2 Å². The lowest BCUT2D eigenvalue weighted by Crippen LogP contribution is -2.39. The highest BCUT2D eigenvalue weighted by molar-refractivity contribution is 5.40. The van der Waals surface area contributed by atoms with Gasteiger partial charge in [-0.2, -0.15) is 9.67 Å². The highest BCUT2D eigenvalue weighted by Gasteiger charge is 2.35. The van der Waals surface area contributed by atoms with Gasteiger partial charge in [0.1, 0.15) is 5.82 Å². The monoisotopic (exact) mass is 291 g/mol. The van der Waals surface area contributed by atoms with Crippen molar-refractivity contribution in [3.8, 4) is 5.69 Å². The molecule has 2 heterocycles. The largest absolute Gasteiger partial charge is 0.368 e. The van der Waals surface area contributed by atoms with Crippen LogP contribution in [-0.4, -0.2) is 14.3 Å². The first kappa shape index (κ1) is 13.1. The van der Waals surface area contributed by atoms with Gasteiger partial charge in [-0.1, -0.05) is 42.5 Å². The molecule has 0 bridgehead atoms. The first-order valence-corrected chi connectivity index (χ1v) is 7.44. The molecule has 0 aliphatic carbocycles. The molecular weight excluding hydrogens is 274 g/mol. The predicted molar refractivity (Wildman–Crippen MR) is 85.5 cm³/mol. The van der Waals surface area contributed by atoms with Gasteiger partial charge in [-0.25, -0.2) is 4.79 Å². The van der Waals surface area contributed by atoms with Crippen LogP contribution < -0.4 is 5.69 Å². The van der Waals surface area contributed by atoms with Gasteiger partial charge in [-0.05, 0) is 37.1 Å². The molecule has 0 saturated heterocycles. The minimum atomic E-state index is -0.324. The number of rotatable bonds is 1. The Morgan fingerprint density at radius 3 is 2.45 bits per heavy atom. The van der Waals surface area contributed by atoms with Crippen molar-refractivity contribution in [2.24, 2.45) is 0 Å². The van der Waals surface area contributed by atoms with Gasteiger partial charge in [0, 0.05) is 6.42 Å². The second-order valence-electron chi connectivity index (χ2n) is 6.16. The molecule has 0 fully saturated rings. The van der Waals surface area contributed by atoms with Crippen molar-refractivity contribution < 1.29 is 0 Å². The second kappa shape index (κ2) is 4.44. The first-order chi connectivity index (χ1) is 10.6. The molecule has 4 heteroatoms. The Morgan fingerprint density at radius 2 is 1.68 bits per heavy atom. The van der Waals surface area contributed by atoms with Gasteiger partial charge < -0.3 is 0 Å². The zero-order valence-electron chi connectivity index (χ0n) is 12.7. The molecule has 3 aromatic rings. The van der Waals surface area contributed by atoms with Crippen molar-refractivity contribution in [3.05, 3.63) is 82.0 Å². The van der Waals surface area contributed by atoms with Crippen LogP contribution in [0.1, 0.15) is 30.8 Å². The SMILES string of the molecule is CC1(C)c2ccccc2Cc2nc(=O)n(-c3ccccc3)n21. The Morgan fingerprint density at radius 1 is 1.00 bits per heavy atom. The summed E-state index contributed by atoms with van der Waals surface area (Å²) >= 11 is 0. The Kier molecular flexibility index (Phi) is 2.64. The van der Waals surface area contributed by atoms with Crippen LogP contribution in [0.25, 0.3) is 5.69 Å². The lowest BCUT2D eigenvalue weighted by Gasteiger charge is -2.36. The van der Waals surface area contributed by atoms with Gasteiger partial charge in [0.2, 0.25) is 0 Å². The molecule has 0 saturated carbocycles. The molecule has 0 amide bonds. The van der Waals surface area contributed by atoms with Crippen LogP contribution in [0.15, 0.2) is 59.4 Å². The summed E-state index contributed by atoms with van der Waals surface area (Å²) < 4.78 is 3.72. The zero-order valence-corrected chi connectivity index (χ0v) is 12.7. The van der Waals surface area contributed by atoms with E-state index in [-0.39, 0.29) is 11.2 Å². The van der Waals surface area contributed by atoms with E-state index in [1.165, 1.54) is 11.1 Å². The van der Waals surface area contributed by atoms with Crippen LogP contribution in [0.2, 0.25) is 0 Å². The van der Waals surface area contributed by atoms with Crippen LogP contribution in [0, 0.1) is 0 Å². The molecule has 0 spiro atoms. The van der Waals surface area contributed by atoms with Crippen LogP contribution in [0.3, 0.4) is 0 Å². The number of hydrogen-bond acceptors (Lipinski definition) is 2. The number of nitrogens with zero attached hydrogens (tertiary/aromatic N) is 3. The Hall–Kier alpha value is -2.62. The highest BCUT2D eigenvalue weighted by Crippen LogP contribution is 2.35. The van der Waals surface area contributed by atoms with Crippen molar-refractivity contribution in [2.75, 3.05) is 0 Å². The summed E-state index contributed by atoms with van der Waals surface area (Å²) in [5.74, 6) is 0.817. The summed E-state index contributed by atoms with van der Waals surface area (Å²) in [4.78, 5) is 16.8. The summed E-state index contributed by atoms with van der Waals surface area (Å²) in [6.07, 6.45) is 0.689. The standard InChI is InChI=1S/C18H17N3O/c1-18(2)15-11-7-6-8-13(15)12-16-19-17(22)20(21(16)18)14-9-4-3-5-10-14/h3-11H,12H2,1-2H3. The van der Waals surface area contributed by atoms with Gasteiger partial charge >= 0.3 is 5.69 Å². The first-order valence-electron chi connectivity index (χ1n) is 7.44. The molecule has 1 aliphatic heterocycles. The van der Waals surface area contributed by atoms with E-state index >= 15 is 0 Å². The summed E-state index contributed by atoms with van der Waals surface area (Å²) in [7, 11) is 0. The third-order valence-electron chi connectivity index (χ3n) is 4.41. The van der Waals surface area contributed by atoms with E-state index in [0.29, 0.717) is 6.42 Å². The van der Waals surface area contributed by atoms with Crippen molar-refractivity contribution in [1.29, 1.82) is 0 Å². The molecule has 2 aromatic carbocycles. The van der Waals surface area contributed by atoms with E-state index in [2.05, 4.69) is 31.0 Å². The fourth-order valence-electron chi connectivity index (χ4n) is 3.44. The van der Waals surface area contributed by atoms with Gasteiger partial charge in [-0.3, -0.25) is 4.68 Å². The van der Waals surface area contributed by atoms with Crippen molar-refractivity contribution in [2.45, 2.75) is 25.8 Å². The summed E-state index contributed by atoms with van der Waals surface area (Å²) in [5.41, 5.74) is 2.78. The number of para-hydroxylation sites is 1. The molecule has 1 aliphatic rings. The molecule has 0 unspecified atom stereocenters. The van der Waals surface area contributed by atoms with Crippen LogP contribution in [-0.2, 0) is 12.0 Å². The number of hydrogen-bond donors (Lipinski definition) is 0. The summed E-state index contributed by atoms with van der Waals surface area (Å²) in [6, 6.07) is 18.0. The van der Waals surface area contributed by atoms with Crippen LogP contribution in [0.5, 0.6) is 0 Å². The Labute approximate surface area is 128 Å². The van der Waals surface area contributed by atoms with Crippen molar-refractivity contribution >= 4 is 0 Å². The van der Waals surface area contributed by atoms with Crippen molar-refractivity contribution in [3.63, 3.8) is 0 Å². The molecule has 0 radical (unpaired) electrons. The Balaban J connectivity index is 2.03. The fourth-order valence-corrected chi connectivity index (χ4v) is 3.44. The average molecular weight is 291 g/mol. The van der Waals surface area contributed by atoms with E-state index < -0.39 is 0 Å².